The molecule has 1 fully saturated rings. The minimum Gasteiger partial charge on any atom is -0.387 e. The van der Waals surface area contributed by atoms with Crippen molar-refractivity contribution in [2.24, 2.45) is 0 Å². The van der Waals surface area contributed by atoms with E-state index in [1.165, 1.54) is 24.3 Å². The van der Waals surface area contributed by atoms with Crippen LogP contribution in [0.15, 0.2) is 54.6 Å². The van der Waals surface area contributed by atoms with Crippen LogP contribution in [0.4, 0.5) is 9.18 Å². The molecule has 0 aliphatic carbocycles. The van der Waals surface area contributed by atoms with Crippen LogP contribution in [-0.2, 0) is 10.3 Å². The van der Waals surface area contributed by atoms with Crippen LogP contribution in [-0.4, -0.2) is 28.5 Å². The zero-order valence-electron chi connectivity index (χ0n) is 15.2. The first-order valence-corrected chi connectivity index (χ1v) is 9.11. The Kier molecular flexibility index (Phi) is 5.56. The fourth-order valence-electron chi connectivity index (χ4n) is 3.43. The van der Waals surface area contributed by atoms with Crippen molar-refractivity contribution in [3.05, 3.63) is 71.5 Å². The molecule has 2 atom stereocenters. The van der Waals surface area contributed by atoms with Crippen LogP contribution in [0.3, 0.4) is 0 Å². The molecule has 27 heavy (non-hydrogen) atoms. The highest BCUT2D eigenvalue weighted by molar-refractivity contribution is 6.07. The van der Waals surface area contributed by atoms with Crippen LogP contribution in [0.25, 0.3) is 0 Å². The SMILES string of the molecule is CCCCC1(c2ccc(F)cc2)NC(=O)N(CC(O)c2ccccc2)C1=O. The summed E-state index contributed by atoms with van der Waals surface area (Å²) in [5.41, 5.74) is -0.0460. The minimum atomic E-state index is -1.22. The van der Waals surface area contributed by atoms with Crippen LogP contribution in [0.1, 0.15) is 43.4 Å². The number of hydrogen-bond acceptors (Lipinski definition) is 3. The van der Waals surface area contributed by atoms with Crippen molar-refractivity contribution >= 4 is 11.9 Å². The molecule has 0 radical (unpaired) electrons. The number of carbonyl (C=O) groups excluding carboxylic acids is 2. The molecular formula is C21H23FN2O3. The van der Waals surface area contributed by atoms with Gasteiger partial charge < -0.3 is 10.4 Å². The van der Waals surface area contributed by atoms with Crippen molar-refractivity contribution in [1.29, 1.82) is 0 Å². The number of amides is 3. The van der Waals surface area contributed by atoms with Gasteiger partial charge in [0.1, 0.15) is 11.4 Å². The van der Waals surface area contributed by atoms with Crippen molar-refractivity contribution in [2.75, 3.05) is 6.54 Å². The van der Waals surface area contributed by atoms with E-state index >= 15 is 0 Å². The summed E-state index contributed by atoms with van der Waals surface area (Å²) in [6, 6.07) is 14.0. The Bertz CT molecular complexity index is 810. The summed E-state index contributed by atoms with van der Waals surface area (Å²) in [7, 11) is 0. The molecule has 1 heterocycles. The molecule has 0 saturated carbocycles. The maximum absolute atomic E-state index is 13.3. The molecule has 0 aromatic heterocycles. The number of urea groups is 1. The number of rotatable bonds is 7. The molecular weight excluding hydrogens is 347 g/mol. The molecule has 3 amide bonds. The predicted octanol–water partition coefficient (Wildman–Crippen LogP) is 3.50. The summed E-state index contributed by atoms with van der Waals surface area (Å²) in [6.07, 6.45) is 1.01. The zero-order valence-corrected chi connectivity index (χ0v) is 15.2. The Hall–Kier alpha value is -2.73. The number of β-amino-alcohol motifs (C(OH)–C–C–N with tert-alkyl or cyclic N) is 1. The maximum Gasteiger partial charge on any atom is 0.325 e. The van der Waals surface area contributed by atoms with Gasteiger partial charge in [0, 0.05) is 0 Å². The summed E-state index contributed by atoms with van der Waals surface area (Å²) < 4.78 is 13.3. The number of imide groups is 1. The predicted molar refractivity (Wildman–Crippen MR) is 99.2 cm³/mol. The van der Waals surface area contributed by atoms with E-state index in [0.29, 0.717) is 17.5 Å². The third-order valence-electron chi connectivity index (χ3n) is 4.96. The quantitative estimate of drug-likeness (QED) is 0.733. The maximum atomic E-state index is 13.3. The highest BCUT2D eigenvalue weighted by Crippen LogP contribution is 2.35. The summed E-state index contributed by atoms with van der Waals surface area (Å²) in [6.45, 7) is 1.86. The number of carbonyl (C=O) groups is 2. The lowest BCUT2D eigenvalue weighted by atomic mass is 9.84. The Balaban J connectivity index is 1.89. The Morgan fingerprint density at radius 1 is 1.11 bits per heavy atom. The van der Waals surface area contributed by atoms with Crippen molar-refractivity contribution in [3.63, 3.8) is 0 Å². The second-order valence-electron chi connectivity index (χ2n) is 6.79. The third kappa shape index (κ3) is 3.71. The van der Waals surface area contributed by atoms with Gasteiger partial charge in [-0.2, -0.15) is 0 Å². The number of nitrogens with zero attached hydrogens (tertiary/aromatic N) is 1. The Morgan fingerprint density at radius 2 is 1.78 bits per heavy atom. The van der Waals surface area contributed by atoms with Crippen molar-refractivity contribution < 1.29 is 19.1 Å². The van der Waals surface area contributed by atoms with Gasteiger partial charge in [-0.1, -0.05) is 62.2 Å². The fourth-order valence-corrected chi connectivity index (χ4v) is 3.43. The number of unbranched alkanes of at least 4 members (excludes halogenated alkanes) is 1. The van der Waals surface area contributed by atoms with E-state index in [4.69, 9.17) is 0 Å². The smallest absolute Gasteiger partial charge is 0.325 e. The second-order valence-corrected chi connectivity index (χ2v) is 6.79. The van der Waals surface area contributed by atoms with Crippen LogP contribution in [0.5, 0.6) is 0 Å². The number of aliphatic hydroxyl groups excluding tert-OH is 1. The molecule has 6 heteroatoms. The zero-order chi connectivity index (χ0) is 19.4. The van der Waals surface area contributed by atoms with Gasteiger partial charge >= 0.3 is 6.03 Å². The summed E-state index contributed by atoms with van der Waals surface area (Å²) in [5, 5.41) is 13.2. The van der Waals surface area contributed by atoms with Crippen molar-refractivity contribution in [1.82, 2.24) is 10.2 Å². The first kappa shape index (κ1) is 19.0. The van der Waals surface area contributed by atoms with Crippen molar-refractivity contribution in [3.8, 4) is 0 Å². The standard InChI is InChI=1S/C21H23FN2O3/c1-2-3-13-21(16-9-11-17(22)12-10-16)19(26)24(20(27)23-21)14-18(25)15-7-5-4-6-8-15/h4-12,18,25H,2-3,13-14H2,1H3,(H,23,27). The monoisotopic (exact) mass is 370 g/mol. The molecule has 3 rings (SSSR count). The van der Waals surface area contributed by atoms with E-state index in [1.54, 1.807) is 24.3 Å². The van der Waals surface area contributed by atoms with Gasteiger partial charge in [0.15, 0.2) is 0 Å². The van der Waals surface area contributed by atoms with Crippen LogP contribution < -0.4 is 5.32 Å². The molecule has 1 saturated heterocycles. The molecule has 5 nitrogen and oxygen atoms in total. The van der Waals surface area contributed by atoms with Gasteiger partial charge in [0.25, 0.3) is 5.91 Å². The normalized spacial score (nSPS) is 20.6. The van der Waals surface area contributed by atoms with E-state index in [-0.39, 0.29) is 6.54 Å². The summed E-state index contributed by atoms with van der Waals surface area (Å²) >= 11 is 0. The average Bonchev–Trinajstić information content (AvgIpc) is 2.92. The molecule has 2 unspecified atom stereocenters. The average molecular weight is 370 g/mol. The van der Waals surface area contributed by atoms with E-state index < -0.39 is 29.4 Å². The van der Waals surface area contributed by atoms with Gasteiger partial charge in [-0.15, -0.1) is 0 Å². The summed E-state index contributed by atoms with van der Waals surface area (Å²) in [5.74, 6) is -0.819. The van der Waals surface area contributed by atoms with Gasteiger partial charge in [0.2, 0.25) is 0 Å². The molecule has 2 aromatic rings. The largest absolute Gasteiger partial charge is 0.387 e. The number of aliphatic hydroxyl groups is 1. The lowest BCUT2D eigenvalue weighted by Gasteiger charge is -2.27. The number of nitrogens with one attached hydrogen (secondary N) is 1. The topological polar surface area (TPSA) is 69.6 Å². The third-order valence-corrected chi connectivity index (χ3v) is 4.96. The molecule has 2 N–H and O–H groups in total. The van der Waals surface area contributed by atoms with Crippen LogP contribution >= 0.6 is 0 Å². The highest BCUT2D eigenvalue weighted by atomic mass is 19.1. The first-order valence-electron chi connectivity index (χ1n) is 9.11. The number of halogens is 1. The van der Waals surface area contributed by atoms with E-state index in [0.717, 1.165) is 17.7 Å². The molecule has 1 aliphatic heterocycles. The summed E-state index contributed by atoms with van der Waals surface area (Å²) in [4.78, 5) is 26.9. The molecule has 142 valence electrons. The highest BCUT2D eigenvalue weighted by Gasteiger charge is 2.52. The molecule has 0 spiro atoms. The minimum absolute atomic E-state index is 0.135. The molecule has 1 aliphatic rings. The lowest BCUT2D eigenvalue weighted by Crippen LogP contribution is -2.44. The molecule has 2 aromatic carbocycles. The van der Waals surface area contributed by atoms with Gasteiger partial charge in [0.05, 0.1) is 12.6 Å². The van der Waals surface area contributed by atoms with Crippen LogP contribution in [0.2, 0.25) is 0 Å². The van der Waals surface area contributed by atoms with Crippen LogP contribution in [0, 0.1) is 5.82 Å². The Morgan fingerprint density at radius 3 is 2.41 bits per heavy atom. The number of hydrogen-bond donors (Lipinski definition) is 2. The number of benzene rings is 2. The second kappa shape index (κ2) is 7.88. The molecule has 0 bridgehead atoms. The van der Waals surface area contributed by atoms with Gasteiger partial charge in [-0.05, 0) is 29.7 Å². The van der Waals surface area contributed by atoms with E-state index in [9.17, 15) is 19.1 Å². The lowest BCUT2D eigenvalue weighted by molar-refractivity contribution is -0.133. The fraction of sp³-hybridized carbons (Fsp3) is 0.333. The van der Waals surface area contributed by atoms with Crippen molar-refractivity contribution in [2.45, 2.75) is 37.8 Å². The van der Waals surface area contributed by atoms with Gasteiger partial charge in [-0.3, -0.25) is 9.69 Å². The van der Waals surface area contributed by atoms with E-state index in [1.807, 2.05) is 13.0 Å². The van der Waals surface area contributed by atoms with E-state index in [2.05, 4.69) is 5.32 Å². The van der Waals surface area contributed by atoms with Gasteiger partial charge in [-0.25, -0.2) is 9.18 Å². The first-order chi connectivity index (χ1) is 13.0. The Labute approximate surface area is 157 Å².